The van der Waals surface area contributed by atoms with Crippen LogP contribution in [-0.2, 0) is 6.54 Å². The van der Waals surface area contributed by atoms with Crippen molar-refractivity contribution in [2.45, 2.75) is 26.3 Å². The van der Waals surface area contributed by atoms with Crippen LogP contribution in [0.1, 0.15) is 25.3 Å². The third-order valence-electron chi connectivity index (χ3n) is 2.30. The second-order valence-corrected chi connectivity index (χ2v) is 4.89. The van der Waals surface area contributed by atoms with E-state index in [1.54, 1.807) is 0 Å². The zero-order valence-electron chi connectivity index (χ0n) is 9.95. The van der Waals surface area contributed by atoms with E-state index in [0.717, 1.165) is 23.7 Å². The highest BCUT2D eigenvalue weighted by Gasteiger charge is 1.94. The fraction of sp³-hybridized carbons (Fsp3) is 0.538. The summed E-state index contributed by atoms with van der Waals surface area (Å²) in [5.74, 6) is 3.25. The standard InChI is InChI=1S/C13H21NOS/c1-2-3-9-16-10-8-15-13-6-4-12(11-14)5-7-13/h4-7H,2-3,8-11,14H2,1H3. The van der Waals surface area contributed by atoms with Gasteiger partial charge in [0.25, 0.3) is 0 Å². The number of thioether (sulfide) groups is 1. The third-order valence-corrected chi connectivity index (χ3v) is 3.33. The number of hydrogen-bond donors (Lipinski definition) is 1. The Kier molecular flexibility index (Phi) is 7.10. The molecule has 0 aliphatic rings. The molecule has 0 aliphatic heterocycles. The minimum Gasteiger partial charge on any atom is -0.493 e. The minimum atomic E-state index is 0.590. The molecule has 0 aromatic heterocycles. The zero-order valence-corrected chi connectivity index (χ0v) is 10.8. The summed E-state index contributed by atoms with van der Waals surface area (Å²) in [4.78, 5) is 0. The zero-order chi connectivity index (χ0) is 11.6. The molecule has 0 heterocycles. The lowest BCUT2D eigenvalue weighted by Crippen LogP contribution is -2.01. The van der Waals surface area contributed by atoms with Crippen LogP contribution in [0.15, 0.2) is 24.3 Å². The van der Waals surface area contributed by atoms with Crippen LogP contribution in [0.4, 0.5) is 0 Å². The van der Waals surface area contributed by atoms with E-state index < -0.39 is 0 Å². The smallest absolute Gasteiger partial charge is 0.119 e. The van der Waals surface area contributed by atoms with Crippen LogP contribution in [0.5, 0.6) is 5.75 Å². The van der Waals surface area contributed by atoms with Gasteiger partial charge in [0.15, 0.2) is 0 Å². The molecule has 0 fully saturated rings. The minimum absolute atomic E-state index is 0.590. The van der Waals surface area contributed by atoms with Gasteiger partial charge < -0.3 is 10.5 Å². The number of benzene rings is 1. The van der Waals surface area contributed by atoms with Crippen molar-refractivity contribution < 1.29 is 4.74 Å². The maximum atomic E-state index is 5.62. The van der Waals surface area contributed by atoms with E-state index in [2.05, 4.69) is 6.92 Å². The maximum Gasteiger partial charge on any atom is 0.119 e. The van der Waals surface area contributed by atoms with Crippen LogP contribution in [0.3, 0.4) is 0 Å². The van der Waals surface area contributed by atoms with Crippen molar-refractivity contribution in [3.05, 3.63) is 29.8 Å². The average molecular weight is 239 g/mol. The Morgan fingerprint density at radius 1 is 1.19 bits per heavy atom. The summed E-state index contributed by atoms with van der Waals surface area (Å²) in [6.45, 7) is 3.60. The van der Waals surface area contributed by atoms with Gasteiger partial charge in [0.1, 0.15) is 5.75 Å². The molecule has 2 nitrogen and oxygen atoms in total. The summed E-state index contributed by atoms with van der Waals surface area (Å²) in [6, 6.07) is 8.00. The highest BCUT2D eigenvalue weighted by atomic mass is 32.2. The van der Waals surface area contributed by atoms with Crippen LogP contribution >= 0.6 is 11.8 Å². The average Bonchev–Trinajstić information content (AvgIpc) is 2.34. The second-order valence-electron chi connectivity index (χ2n) is 3.66. The van der Waals surface area contributed by atoms with Crippen molar-refractivity contribution in [1.29, 1.82) is 0 Å². The van der Waals surface area contributed by atoms with Gasteiger partial charge in [-0.2, -0.15) is 11.8 Å². The van der Waals surface area contributed by atoms with Crippen molar-refractivity contribution >= 4 is 11.8 Å². The van der Waals surface area contributed by atoms with E-state index in [1.165, 1.54) is 18.6 Å². The fourth-order valence-electron chi connectivity index (χ4n) is 1.29. The Labute approximate surface area is 103 Å². The van der Waals surface area contributed by atoms with Gasteiger partial charge in [0, 0.05) is 12.3 Å². The molecule has 0 aliphatic carbocycles. The van der Waals surface area contributed by atoms with Crippen LogP contribution in [-0.4, -0.2) is 18.1 Å². The first-order valence-electron chi connectivity index (χ1n) is 5.86. The van der Waals surface area contributed by atoms with E-state index in [0.29, 0.717) is 6.54 Å². The predicted octanol–water partition coefficient (Wildman–Crippen LogP) is 3.06. The molecule has 0 spiro atoms. The number of rotatable bonds is 8. The fourth-order valence-corrected chi connectivity index (χ4v) is 2.19. The lowest BCUT2D eigenvalue weighted by molar-refractivity contribution is 0.344. The summed E-state index contributed by atoms with van der Waals surface area (Å²) in [7, 11) is 0. The Bertz CT molecular complexity index is 274. The molecular formula is C13H21NOS. The molecule has 0 atom stereocenters. The van der Waals surface area contributed by atoms with Crippen molar-refractivity contribution in [1.82, 2.24) is 0 Å². The number of ether oxygens (including phenoxy) is 1. The third kappa shape index (κ3) is 5.42. The summed E-state index contributed by atoms with van der Waals surface area (Å²) in [5.41, 5.74) is 6.67. The largest absolute Gasteiger partial charge is 0.493 e. The summed E-state index contributed by atoms with van der Waals surface area (Å²) in [5, 5.41) is 0. The topological polar surface area (TPSA) is 35.2 Å². The van der Waals surface area contributed by atoms with Gasteiger partial charge in [-0.05, 0) is 29.9 Å². The molecule has 0 unspecified atom stereocenters. The number of unbranched alkanes of at least 4 members (excludes halogenated alkanes) is 1. The molecule has 0 saturated heterocycles. The predicted molar refractivity (Wildman–Crippen MR) is 72.1 cm³/mol. The van der Waals surface area contributed by atoms with Gasteiger partial charge in [0.2, 0.25) is 0 Å². The molecule has 2 N–H and O–H groups in total. The first-order chi connectivity index (χ1) is 7.86. The van der Waals surface area contributed by atoms with Gasteiger partial charge in [0.05, 0.1) is 6.61 Å². The summed E-state index contributed by atoms with van der Waals surface area (Å²) >= 11 is 1.96. The van der Waals surface area contributed by atoms with Gasteiger partial charge in [-0.1, -0.05) is 25.5 Å². The van der Waals surface area contributed by atoms with Crippen molar-refractivity contribution in [2.75, 3.05) is 18.1 Å². The highest BCUT2D eigenvalue weighted by molar-refractivity contribution is 7.99. The van der Waals surface area contributed by atoms with Crippen LogP contribution in [0.2, 0.25) is 0 Å². The van der Waals surface area contributed by atoms with Crippen molar-refractivity contribution in [2.24, 2.45) is 5.73 Å². The first kappa shape index (κ1) is 13.4. The monoisotopic (exact) mass is 239 g/mol. The molecule has 90 valence electrons. The number of nitrogens with two attached hydrogens (primary N) is 1. The Morgan fingerprint density at radius 3 is 2.56 bits per heavy atom. The van der Waals surface area contributed by atoms with E-state index in [4.69, 9.17) is 10.5 Å². The van der Waals surface area contributed by atoms with E-state index >= 15 is 0 Å². The number of hydrogen-bond acceptors (Lipinski definition) is 3. The Hall–Kier alpha value is -0.670. The molecular weight excluding hydrogens is 218 g/mol. The molecule has 1 aromatic carbocycles. The van der Waals surface area contributed by atoms with Crippen molar-refractivity contribution in [3.8, 4) is 5.75 Å². The molecule has 3 heteroatoms. The van der Waals surface area contributed by atoms with E-state index in [1.807, 2.05) is 36.0 Å². The van der Waals surface area contributed by atoms with Gasteiger partial charge in [-0.15, -0.1) is 0 Å². The quantitative estimate of drug-likeness (QED) is 0.708. The second kappa shape index (κ2) is 8.48. The molecule has 0 bridgehead atoms. The normalized spacial score (nSPS) is 10.4. The molecule has 1 aromatic rings. The van der Waals surface area contributed by atoms with Crippen LogP contribution in [0.25, 0.3) is 0 Å². The molecule has 0 radical (unpaired) electrons. The van der Waals surface area contributed by atoms with Crippen molar-refractivity contribution in [3.63, 3.8) is 0 Å². The van der Waals surface area contributed by atoms with Crippen LogP contribution in [0, 0.1) is 0 Å². The van der Waals surface area contributed by atoms with Gasteiger partial charge in [-0.25, -0.2) is 0 Å². The molecule has 16 heavy (non-hydrogen) atoms. The van der Waals surface area contributed by atoms with E-state index in [-0.39, 0.29) is 0 Å². The highest BCUT2D eigenvalue weighted by Crippen LogP contribution is 2.12. The molecule has 0 saturated carbocycles. The van der Waals surface area contributed by atoms with Gasteiger partial charge >= 0.3 is 0 Å². The Morgan fingerprint density at radius 2 is 1.94 bits per heavy atom. The molecule has 1 rings (SSSR count). The maximum absolute atomic E-state index is 5.62. The van der Waals surface area contributed by atoms with Crippen LogP contribution < -0.4 is 10.5 Å². The summed E-state index contributed by atoms with van der Waals surface area (Å²) in [6.07, 6.45) is 2.57. The summed E-state index contributed by atoms with van der Waals surface area (Å²) < 4.78 is 5.62. The first-order valence-corrected chi connectivity index (χ1v) is 7.02. The lowest BCUT2D eigenvalue weighted by Gasteiger charge is -2.06. The lowest BCUT2D eigenvalue weighted by atomic mass is 10.2. The molecule has 0 amide bonds. The Balaban J connectivity index is 2.12. The van der Waals surface area contributed by atoms with E-state index in [9.17, 15) is 0 Å². The SMILES string of the molecule is CCCCSCCOc1ccc(CN)cc1. The van der Waals surface area contributed by atoms with Gasteiger partial charge in [-0.3, -0.25) is 0 Å².